The number of benzene rings is 1. The van der Waals surface area contributed by atoms with Crippen LogP contribution in [0.2, 0.25) is 0 Å². The molecule has 1 fully saturated rings. The summed E-state index contributed by atoms with van der Waals surface area (Å²) in [5, 5.41) is 3.26. The van der Waals surface area contributed by atoms with Crippen LogP contribution in [0, 0.1) is 0 Å². The predicted molar refractivity (Wildman–Crippen MR) is 74.4 cm³/mol. The Morgan fingerprint density at radius 3 is 2.83 bits per heavy atom. The Balaban J connectivity index is 2.38. The fraction of sp³-hybridized carbons (Fsp3) is 0.538. The lowest BCUT2D eigenvalue weighted by Crippen LogP contribution is -2.42. The minimum absolute atomic E-state index is 0.220. The van der Waals surface area contributed by atoms with Crippen molar-refractivity contribution in [3.63, 3.8) is 0 Å². The van der Waals surface area contributed by atoms with Crippen molar-refractivity contribution in [1.29, 1.82) is 0 Å². The number of hydrogen-bond donors (Lipinski definition) is 1. The topological polar surface area (TPSA) is 49.4 Å². The Bertz CT molecular complexity index is 499. The van der Waals surface area contributed by atoms with Gasteiger partial charge in [0, 0.05) is 13.1 Å². The second-order valence-corrected chi connectivity index (χ2v) is 6.49. The summed E-state index contributed by atoms with van der Waals surface area (Å²) in [7, 11) is -3.18. The van der Waals surface area contributed by atoms with Crippen LogP contribution in [0.4, 0.5) is 5.69 Å². The van der Waals surface area contributed by atoms with Crippen molar-refractivity contribution in [3.8, 4) is 0 Å². The number of nitrogens with zero attached hydrogens (tertiary/aromatic N) is 1. The summed E-state index contributed by atoms with van der Waals surface area (Å²) in [6.45, 7) is 4.05. The molecular weight excluding hydrogens is 248 g/mol. The lowest BCUT2D eigenvalue weighted by atomic mass is 10.1. The summed E-state index contributed by atoms with van der Waals surface area (Å²) in [5.41, 5.74) is 1.92. The number of nitrogens with one attached hydrogen (secondary N) is 1. The summed E-state index contributed by atoms with van der Waals surface area (Å²) in [5.74, 6) is 0.220. The predicted octanol–water partition coefficient (Wildman–Crippen LogP) is 1.38. The molecule has 0 saturated carbocycles. The molecule has 5 heteroatoms. The number of aryl methyl sites for hydroxylation is 1. The van der Waals surface area contributed by atoms with Gasteiger partial charge in [-0.2, -0.15) is 0 Å². The summed E-state index contributed by atoms with van der Waals surface area (Å²) in [6, 6.07) is 7.75. The van der Waals surface area contributed by atoms with E-state index in [-0.39, 0.29) is 5.75 Å². The van der Waals surface area contributed by atoms with Crippen LogP contribution in [0.25, 0.3) is 0 Å². The summed E-state index contributed by atoms with van der Waals surface area (Å²) >= 11 is 0. The molecular formula is C13H20N2O2S. The first-order chi connectivity index (χ1) is 8.65. The van der Waals surface area contributed by atoms with Gasteiger partial charge in [0.25, 0.3) is 0 Å². The quantitative estimate of drug-likeness (QED) is 0.881. The van der Waals surface area contributed by atoms with E-state index in [0.29, 0.717) is 19.5 Å². The first kappa shape index (κ1) is 13.4. The number of para-hydroxylation sites is 1. The number of hydrogen-bond acceptors (Lipinski definition) is 3. The van der Waals surface area contributed by atoms with Crippen LogP contribution in [-0.4, -0.2) is 33.8 Å². The van der Waals surface area contributed by atoms with Gasteiger partial charge in [-0.3, -0.25) is 4.31 Å². The van der Waals surface area contributed by atoms with E-state index < -0.39 is 10.0 Å². The normalized spacial score (nSPS) is 20.2. The molecule has 2 rings (SSSR count). The first-order valence-electron chi connectivity index (χ1n) is 6.44. The zero-order chi connectivity index (χ0) is 13.0. The third-order valence-corrected chi connectivity index (χ3v) is 5.08. The van der Waals surface area contributed by atoms with Crippen LogP contribution in [0.5, 0.6) is 0 Å². The Morgan fingerprint density at radius 1 is 1.28 bits per heavy atom. The van der Waals surface area contributed by atoms with E-state index in [1.54, 1.807) is 4.31 Å². The molecule has 18 heavy (non-hydrogen) atoms. The summed E-state index contributed by atoms with van der Waals surface area (Å²) in [4.78, 5) is 0. The molecule has 0 aliphatic carbocycles. The molecule has 1 N–H and O–H groups in total. The van der Waals surface area contributed by atoms with Crippen molar-refractivity contribution in [2.24, 2.45) is 0 Å². The molecule has 100 valence electrons. The van der Waals surface area contributed by atoms with E-state index in [0.717, 1.165) is 24.2 Å². The molecule has 0 spiro atoms. The maximum Gasteiger partial charge on any atom is 0.235 e. The van der Waals surface area contributed by atoms with E-state index in [4.69, 9.17) is 0 Å². The van der Waals surface area contributed by atoms with Crippen LogP contribution >= 0.6 is 0 Å². The molecule has 0 amide bonds. The van der Waals surface area contributed by atoms with Gasteiger partial charge in [0.1, 0.15) is 0 Å². The third-order valence-electron chi connectivity index (χ3n) is 3.22. The van der Waals surface area contributed by atoms with Gasteiger partial charge >= 0.3 is 0 Å². The fourth-order valence-electron chi connectivity index (χ4n) is 2.26. The van der Waals surface area contributed by atoms with Crippen molar-refractivity contribution < 1.29 is 8.42 Å². The molecule has 1 saturated heterocycles. The van der Waals surface area contributed by atoms with Gasteiger partial charge < -0.3 is 5.32 Å². The Morgan fingerprint density at radius 2 is 2.06 bits per heavy atom. The van der Waals surface area contributed by atoms with E-state index >= 15 is 0 Å². The smallest absolute Gasteiger partial charge is 0.235 e. The van der Waals surface area contributed by atoms with Crippen molar-refractivity contribution in [2.75, 3.05) is 29.7 Å². The van der Waals surface area contributed by atoms with Crippen molar-refractivity contribution >= 4 is 15.7 Å². The molecule has 0 atom stereocenters. The second-order valence-electron chi connectivity index (χ2n) is 4.47. The minimum atomic E-state index is -3.18. The third kappa shape index (κ3) is 2.84. The molecule has 0 unspecified atom stereocenters. The standard InChI is InChI=1S/C13H20N2O2S/c1-2-12-6-3-4-7-13(12)15-10-9-14-8-5-11-18(15,16)17/h3-4,6-7,14H,2,5,8-11H2,1H3. The van der Waals surface area contributed by atoms with E-state index in [2.05, 4.69) is 5.32 Å². The van der Waals surface area contributed by atoms with Gasteiger partial charge in [0.05, 0.1) is 11.4 Å². The summed E-state index contributed by atoms with van der Waals surface area (Å²) < 4.78 is 26.2. The average molecular weight is 268 g/mol. The van der Waals surface area contributed by atoms with Crippen molar-refractivity contribution in [1.82, 2.24) is 5.32 Å². The number of sulfonamides is 1. The molecule has 1 aliphatic heterocycles. The SMILES string of the molecule is CCc1ccccc1N1CCNCCCS1(=O)=O. The van der Waals surface area contributed by atoms with Gasteiger partial charge in [-0.15, -0.1) is 0 Å². The number of rotatable bonds is 2. The van der Waals surface area contributed by atoms with Gasteiger partial charge in [0.15, 0.2) is 0 Å². The van der Waals surface area contributed by atoms with E-state index in [1.807, 2.05) is 31.2 Å². The summed E-state index contributed by atoms with van der Waals surface area (Å²) in [6.07, 6.45) is 1.52. The molecule has 0 radical (unpaired) electrons. The lowest BCUT2D eigenvalue weighted by Gasteiger charge is -2.28. The minimum Gasteiger partial charge on any atom is -0.315 e. The lowest BCUT2D eigenvalue weighted by molar-refractivity contribution is 0.572. The highest BCUT2D eigenvalue weighted by Gasteiger charge is 2.24. The average Bonchev–Trinajstić information content (AvgIpc) is 2.35. The zero-order valence-electron chi connectivity index (χ0n) is 10.7. The van der Waals surface area contributed by atoms with Crippen molar-refractivity contribution in [2.45, 2.75) is 19.8 Å². The van der Waals surface area contributed by atoms with Gasteiger partial charge in [-0.25, -0.2) is 8.42 Å². The second kappa shape index (κ2) is 5.71. The maximum atomic E-state index is 12.3. The molecule has 1 aromatic rings. The molecule has 4 nitrogen and oxygen atoms in total. The van der Waals surface area contributed by atoms with E-state index in [1.165, 1.54) is 0 Å². The molecule has 1 aromatic carbocycles. The monoisotopic (exact) mass is 268 g/mol. The highest BCUT2D eigenvalue weighted by molar-refractivity contribution is 7.92. The Kier molecular flexibility index (Phi) is 4.24. The number of anilines is 1. The Labute approximate surface area is 109 Å². The van der Waals surface area contributed by atoms with Gasteiger partial charge in [0.2, 0.25) is 10.0 Å². The van der Waals surface area contributed by atoms with Crippen LogP contribution < -0.4 is 9.62 Å². The van der Waals surface area contributed by atoms with Gasteiger partial charge in [-0.05, 0) is 31.0 Å². The molecule has 1 heterocycles. The van der Waals surface area contributed by atoms with Crippen LogP contribution in [0.1, 0.15) is 18.9 Å². The molecule has 1 aliphatic rings. The highest BCUT2D eigenvalue weighted by atomic mass is 32.2. The first-order valence-corrected chi connectivity index (χ1v) is 8.05. The largest absolute Gasteiger partial charge is 0.315 e. The van der Waals surface area contributed by atoms with E-state index in [9.17, 15) is 8.42 Å². The highest BCUT2D eigenvalue weighted by Crippen LogP contribution is 2.24. The van der Waals surface area contributed by atoms with Crippen LogP contribution in [0.15, 0.2) is 24.3 Å². The Hall–Kier alpha value is -1.07. The van der Waals surface area contributed by atoms with Crippen molar-refractivity contribution in [3.05, 3.63) is 29.8 Å². The fourth-order valence-corrected chi connectivity index (χ4v) is 3.83. The zero-order valence-corrected chi connectivity index (χ0v) is 11.5. The molecule has 0 bridgehead atoms. The van der Waals surface area contributed by atoms with Crippen LogP contribution in [0.3, 0.4) is 0 Å². The van der Waals surface area contributed by atoms with Gasteiger partial charge in [-0.1, -0.05) is 25.1 Å². The maximum absolute atomic E-state index is 12.3. The van der Waals surface area contributed by atoms with Crippen LogP contribution in [-0.2, 0) is 16.4 Å². The molecule has 0 aromatic heterocycles.